The molecule has 1 aliphatic heterocycles. The third-order valence-corrected chi connectivity index (χ3v) is 3.63. The Labute approximate surface area is 81.5 Å². The van der Waals surface area contributed by atoms with E-state index in [9.17, 15) is 4.39 Å². The molecule has 0 aliphatic carbocycles. The van der Waals surface area contributed by atoms with Gasteiger partial charge in [-0.1, -0.05) is 6.07 Å². The first kappa shape index (κ1) is 9.03. The third-order valence-electron chi connectivity index (χ3n) is 2.44. The standard InChI is InChI=1S/C10H12FNS/c1-6(12)7-5-13-9-4-2-3-8(11)10(7)9/h2-4,6-7H,5,12H2,1H3. The Bertz CT molecular complexity index is 325. The van der Waals surface area contributed by atoms with Gasteiger partial charge in [-0.2, -0.15) is 0 Å². The molecule has 1 aliphatic rings. The number of benzene rings is 1. The first-order valence-electron chi connectivity index (χ1n) is 4.37. The van der Waals surface area contributed by atoms with E-state index in [0.29, 0.717) is 0 Å². The van der Waals surface area contributed by atoms with Crippen LogP contribution < -0.4 is 5.73 Å². The van der Waals surface area contributed by atoms with Crippen molar-refractivity contribution in [2.45, 2.75) is 23.8 Å². The highest BCUT2D eigenvalue weighted by atomic mass is 32.2. The summed E-state index contributed by atoms with van der Waals surface area (Å²) in [4.78, 5) is 1.06. The number of hydrogen-bond acceptors (Lipinski definition) is 2. The molecule has 0 amide bonds. The molecular weight excluding hydrogens is 185 g/mol. The van der Waals surface area contributed by atoms with Crippen LogP contribution in [0.3, 0.4) is 0 Å². The van der Waals surface area contributed by atoms with Crippen molar-refractivity contribution in [3.05, 3.63) is 29.6 Å². The lowest BCUT2D eigenvalue weighted by atomic mass is 9.95. The smallest absolute Gasteiger partial charge is 0.127 e. The lowest BCUT2D eigenvalue weighted by molar-refractivity contribution is 0.552. The van der Waals surface area contributed by atoms with Crippen LogP contribution in [-0.2, 0) is 0 Å². The Morgan fingerprint density at radius 3 is 3.08 bits per heavy atom. The van der Waals surface area contributed by atoms with E-state index in [4.69, 9.17) is 5.73 Å². The van der Waals surface area contributed by atoms with E-state index in [-0.39, 0.29) is 17.8 Å². The number of thioether (sulfide) groups is 1. The zero-order valence-corrected chi connectivity index (χ0v) is 8.27. The van der Waals surface area contributed by atoms with Gasteiger partial charge in [0.1, 0.15) is 5.82 Å². The van der Waals surface area contributed by atoms with Crippen molar-refractivity contribution < 1.29 is 4.39 Å². The Kier molecular flexibility index (Phi) is 2.30. The summed E-state index contributed by atoms with van der Waals surface area (Å²) in [6.07, 6.45) is 0. The molecule has 13 heavy (non-hydrogen) atoms. The van der Waals surface area contributed by atoms with Crippen LogP contribution in [0.4, 0.5) is 4.39 Å². The fourth-order valence-corrected chi connectivity index (χ4v) is 3.09. The SMILES string of the molecule is CC(N)C1CSc2cccc(F)c21. The molecule has 3 heteroatoms. The molecule has 1 aromatic carbocycles. The summed E-state index contributed by atoms with van der Waals surface area (Å²) in [6.45, 7) is 1.94. The number of nitrogens with two attached hydrogens (primary N) is 1. The Morgan fingerprint density at radius 1 is 1.62 bits per heavy atom. The maximum Gasteiger partial charge on any atom is 0.127 e. The Balaban J connectivity index is 2.46. The quantitative estimate of drug-likeness (QED) is 0.748. The van der Waals surface area contributed by atoms with Crippen LogP contribution in [0.15, 0.2) is 23.1 Å². The largest absolute Gasteiger partial charge is 0.327 e. The molecular formula is C10H12FNS. The molecule has 0 saturated carbocycles. The summed E-state index contributed by atoms with van der Waals surface area (Å²) in [6, 6.07) is 5.27. The van der Waals surface area contributed by atoms with Crippen molar-refractivity contribution in [3.8, 4) is 0 Å². The highest BCUT2D eigenvalue weighted by Crippen LogP contribution is 2.41. The van der Waals surface area contributed by atoms with Gasteiger partial charge in [0.05, 0.1) is 0 Å². The molecule has 2 unspecified atom stereocenters. The second-order valence-electron chi connectivity index (χ2n) is 3.43. The van der Waals surface area contributed by atoms with Gasteiger partial charge >= 0.3 is 0 Å². The summed E-state index contributed by atoms with van der Waals surface area (Å²) in [5.74, 6) is 0.986. The van der Waals surface area contributed by atoms with E-state index in [2.05, 4.69) is 0 Å². The zero-order chi connectivity index (χ0) is 9.42. The van der Waals surface area contributed by atoms with Gasteiger partial charge in [-0.15, -0.1) is 11.8 Å². The first-order chi connectivity index (χ1) is 6.20. The van der Waals surface area contributed by atoms with Crippen LogP contribution in [0.5, 0.6) is 0 Å². The van der Waals surface area contributed by atoms with Crippen LogP contribution in [0.25, 0.3) is 0 Å². The fraction of sp³-hybridized carbons (Fsp3) is 0.400. The maximum absolute atomic E-state index is 13.4. The third kappa shape index (κ3) is 1.46. The van der Waals surface area contributed by atoms with E-state index >= 15 is 0 Å². The van der Waals surface area contributed by atoms with Crippen molar-refractivity contribution in [1.29, 1.82) is 0 Å². The molecule has 0 radical (unpaired) electrons. The minimum Gasteiger partial charge on any atom is -0.327 e. The Morgan fingerprint density at radius 2 is 2.38 bits per heavy atom. The molecule has 2 atom stereocenters. The van der Waals surface area contributed by atoms with Crippen LogP contribution >= 0.6 is 11.8 Å². The van der Waals surface area contributed by atoms with E-state index in [1.807, 2.05) is 13.0 Å². The lowest BCUT2D eigenvalue weighted by Gasteiger charge is -2.14. The fourth-order valence-electron chi connectivity index (χ4n) is 1.68. The molecule has 0 aromatic heterocycles. The van der Waals surface area contributed by atoms with Crippen molar-refractivity contribution in [3.63, 3.8) is 0 Å². The van der Waals surface area contributed by atoms with E-state index in [1.54, 1.807) is 17.8 Å². The highest BCUT2D eigenvalue weighted by Gasteiger charge is 2.28. The van der Waals surface area contributed by atoms with Crippen molar-refractivity contribution in [1.82, 2.24) is 0 Å². The van der Waals surface area contributed by atoms with Gasteiger partial charge in [0, 0.05) is 28.2 Å². The maximum atomic E-state index is 13.4. The molecule has 0 fully saturated rings. The van der Waals surface area contributed by atoms with Crippen molar-refractivity contribution in [2.75, 3.05) is 5.75 Å². The normalized spacial score (nSPS) is 22.8. The van der Waals surface area contributed by atoms with E-state index < -0.39 is 0 Å². The van der Waals surface area contributed by atoms with Crippen molar-refractivity contribution >= 4 is 11.8 Å². The summed E-state index contributed by atoms with van der Waals surface area (Å²) >= 11 is 1.70. The molecule has 2 rings (SSSR count). The molecule has 2 N–H and O–H groups in total. The predicted octanol–water partition coefficient (Wildman–Crippen LogP) is 2.36. The average Bonchev–Trinajstić information content (AvgIpc) is 2.49. The van der Waals surface area contributed by atoms with E-state index in [1.165, 1.54) is 6.07 Å². The van der Waals surface area contributed by atoms with Crippen LogP contribution in [0.1, 0.15) is 18.4 Å². The summed E-state index contributed by atoms with van der Waals surface area (Å²) in [5, 5.41) is 0. The summed E-state index contributed by atoms with van der Waals surface area (Å²) < 4.78 is 13.4. The molecule has 0 saturated heterocycles. The van der Waals surface area contributed by atoms with Crippen LogP contribution in [-0.4, -0.2) is 11.8 Å². The monoisotopic (exact) mass is 197 g/mol. The minimum atomic E-state index is -0.107. The Hall–Kier alpha value is -0.540. The molecule has 70 valence electrons. The molecule has 0 spiro atoms. The van der Waals surface area contributed by atoms with Crippen LogP contribution in [0, 0.1) is 5.82 Å². The zero-order valence-electron chi connectivity index (χ0n) is 7.46. The van der Waals surface area contributed by atoms with Gasteiger partial charge in [0.25, 0.3) is 0 Å². The number of fused-ring (bicyclic) bond motifs is 1. The van der Waals surface area contributed by atoms with Gasteiger partial charge in [-0.25, -0.2) is 4.39 Å². The summed E-state index contributed by atoms with van der Waals surface area (Å²) in [5.41, 5.74) is 6.62. The molecule has 1 aromatic rings. The van der Waals surface area contributed by atoms with Gasteiger partial charge in [-0.05, 0) is 19.1 Å². The van der Waals surface area contributed by atoms with Gasteiger partial charge < -0.3 is 5.73 Å². The van der Waals surface area contributed by atoms with Crippen molar-refractivity contribution in [2.24, 2.45) is 5.73 Å². The van der Waals surface area contributed by atoms with Crippen LogP contribution in [0.2, 0.25) is 0 Å². The molecule has 1 nitrogen and oxygen atoms in total. The topological polar surface area (TPSA) is 26.0 Å². The number of halogens is 1. The predicted molar refractivity (Wildman–Crippen MR) is 53.5 cm³/mol. The summed E-state index contributed by atoms with van der Waals surface area (Å²) in [7, 11) is 0. The first-order valence-corrected chi connectivity index (χ1v) is 5.35. The van der Waals surface area contributed by atoms with Gasteiger partial charge in [-0.3, -0.25) is 0 Å². The molecule has 0 bridgehead atoms. The van der Waals surface area contributed by atoms with Gasteiger partial charge in [0.15, 0.2) is 0 Å². The molecule has 1 heterocycles. The minimum absolute atomic E-state index is 0.0330. The number of rotatable bonds is 1. The number of hydrogen-bond donors (Lipinski definition) is 1. The lowest BCUT2D eigenvalue weighted by Crippen LogP contribution is -2.25. The highest BCUT2D eigenvalue weighted by molar-refractivity contribution is 7.99. The average molecular weight is 197 g/mol. The van der Waals surface area contributed by atoms with Gasteiger partial charge in [0.2, 0.25) is 0 Å². The van der Waals surface area contributed by atoms with E-state index in [0.717, 1.165) is 16.2 Å². The second-order valence-corrected chi connectivity index (χ2v) is 4.49. The second kappa shape index (κ2) is 3.31.